The van der Waals surface area contributed by atoms with E-state index in [2.05, 4.69) is 21.2 Å². The third kappa shape index (κ3) is 4.89. The van der Waals surface area contributed by atoms with Crippen molar-refractivity contribution in [2.24, 2.45) is 0 Å². The van der Waals surface area contributed by atoms with Crippen LogP contribution in [-0.2, 0) is 11.3 Å². The normalized spacial score (nSPS) is 13.6. The van der Waals surface area contributed by atoms with E-state index in [1.165, 1.54) is 12.1 Å². The summed E-state index contributed by atoms with van der Waals surface area (Å²) in [6.07, 6.45) is 0. The third-order valence-corrected chi connectivity index (χ3v) is 4.92. The summed E-state index contributed by atoms with van der Waals surface area (Å²) in [5, 5.41) is 2.98. The van der Waals surface area contributed by atoms with Crippen molar-refractivity contribution >= 4 is 21.8 Å². The Bertz CT molecular complexity index is 690. The van der Waals surface area contributed by atoms with Crippen molar-refractivity contribution in [1.29, 1.82) is 0 Å². The maximum Gasteiger partial charge on any atom is 0.237 e. The quantitative estimate of drug-likeness (QED) is 0.795. The van der Waals surface area contributed by atoms with Gasteiger partial charge in [0.25, 0.3) is 0 Å². The molecule has 0 aromatic heterocycles. The monoisotopic (exact) mass is 392 g/mol. The van der Waals surface area contributed by atoms with Crippen LogP contribution < -0.4 is 5.32 Å². The van der Waals surface area contributed by atoms with Gasteiger partial charge in [0.05, 0.1) is 12.1 Å². The molecule has 2 aromatic rings. The molecule has 0 aliphatic carbocycles. The largest absolute Gasteiger partial charge is 0.348 e. The SMILES string of the molecule is CC(NC(=O)C(C)N(C)Cc1ccccc1Br)c1ccc(F)cc1. The van der Waals surface area contributed by atoms with Gasteiger partial charge in [0.1, 0.15) is 5.82 Å². The highest BCUT2D eigenvalue weighted by Crippen LogP contribution is 2.19. The van der Waals surface area contributed by atoms with Crippen molar-refractivity contribution < 1.29 is 9.18 Å². The minimum absolute atomic E-state index is 0.0543. The summed E-state index contributed by atoms with van der Waals surface area (Å²) in [7, 11) is 1.92. The number of hydrogen-bond donors (Lipinski definition) is 1. The number of nitrogens with zero attached hydrogens (tertiary/aromatic N) is 1. The number of halogens is 2. The van der Waals surface area contributed by atoms with Crippen LogP contribution in [0.25, 0.3) is 0 Å². The van der Waals surface area contributed by atoms with Crippen LogP contribution in [0.3, 0.4) is 0 Å². The third-order valence-electron chi connectivity index (χ3n) is 4.15. The molecule has 0 bridgehead atoms. The van der Waals surface area contributed by atoms with Gasteiger partial charge < -0.3 is 5.32 Å². The summed E-state index contributed by atoms with van der Waals surface area (Å²) in [5.41, 5.74) is 2.01. The molecular weight excluding hydrogens is 371 g/mol. The van der Waals surface area contributed by atoms with E-state index in [4.69, 9.17) is 0 Å². The lowest BCUT2D eigenvalue weighted by molar-refractivity contribution is -0.126. The number of carbonyl (C=O) groups excluding carboxylic acids is 1. The summed E-state index contributed by atoms with van der Waals surface area (Å²) in [4.78, 5) is 14.5. The predicted octanol–water partition coefficient (Wildman–Crippen LogP) is 4.29. The van der Waals surface area contributed by atoms with Gasteiger partial charge in [-0.2, -0.15) is 0 Å². The average molecular weight is 393 g/mol. The maximum absolute atomic E-state index is 13.0. The Morgan fingerprint density at radius 1 is 1.17 bits per heavy atom. The van der Waals surface area contributed by atoms with Gasteiger partial charge in [-0.15, -0.1) is 0 Å². The molecule has 1 N–H and O–H groups in total. The Balaban J connectivity index is 1.95. The van der Waals surface area contributed by atoms with E-state index >= 15 is 0 Å². The van der Waals surface area contributed by atoms with E-state index in [0.717, 1.165) is 15.6 Å². The summed E-state index contributed by atoms with van der Waals surface area (Å²) in [5.74, 6) is -0.333. The van der Waals surface area contributed by atoms with E-state index in [1.54, 1.807) is 12.1 Å². The Hall–Kier alpha value is -1.72. The fourth-order valence-electron chi connectivity index (χ4n) is 2.40. The zero-order chi connectivity index (χ0) is 17.7. The highest BCUT2D eigenvalue weighted by atomic mass is 79.9. The molecule has 2 unspecified atom stereocenters. The van der Waals surface area contributed by atoms with Crippen LogP contribution in [0.2, 0.25) is 0 Å². The number of amides is 1. The van der Waals surface area contributed by atoms with Crippen molar-refractivity contribution in [3.63, 3.8) is 0 Å². The molecule has 3 nitrogen and oxygen atoms in total. The van der Waals surface area contributed by atoms with Crippen molar-refractivity contribution in [2.45, 2.75) is 32.5 Å². The first-order valence-corrected chi connectivity index (χ1v) is 8.67. The van der Waals surface area contributed by atoms with Gasteiger partial charge in [-0.3, -0.25) is 9.69 Å². The molecule has 0 aliphatic rings. The van der Waals surface area contributed by atoms with E-state index in [0.29, 0.717) is 6.54 Å². The first-order chi connectivity index (χ1) is 11.4. The van der Waals surface area contributed by atoms with E-state index in [9.17, 15) is 9.18 Å². The van der Waals surface area contributed by atoms with Gasteiger partial charge in [0.15, 0.2) is 0 Å². The van der Waals surface area contributed by atoms with Crippen LogP contribution in [0.15, 0.2) is 53.0 Å². The topological polar surface area (TPSA) is 32.3 Å². The molecule has 0 aliphatic heterocycles. The van der Waals surface area contributed by atoms with Gasteiger partial charge >= 0.3 is 0 Å². The van der Waals surface area contributed by atoms with Crippen LogP contribution >= 0.6 is 15.9 Å². The molecule has 2 rings (SSSR count). The molecule has 128 valence electrons. The van der Waals surface area contributed by atoms with Crippen LogP contribution in [0, 0.1) is 5.82 Å². The Morgan fingerprint density at radius 3 is 2.42 bits per heavy atom. The lowest BCUT2D eigenvalue weighted by atomic mass is 10.1. The first-order valence-electron chi connectivity index (χ1n) is 7.88. The zero-order valence-corrected chi connectivity index (χ0v) is 15.7. The zero-order valence-electron chi connectivity index (χ0n) is 14.1. The Morgan fingerprint density at radius 2 is 1.79 bits per heavy atom. The number of rotatable bonds is 6. The number of carbonyl (C=O) groups is 1. The van der Waals surface area contributed by atoms with E-state index in [1.807, 2.05) is 50.1 Å². The molecule has 0 saturated carbocycles. The first kappa shape index (κ1) is 18.6. The summed E-state index contributed by atoms with van der Waals surface area (Å²) in [6, 6.07) is 13.7. The van der Waals surface area contributed by atoms with Gasteiger partial charge in [0, 0.05) is 11.0 Å². The second kappa shape index (κ2) is 8.40. The van der Waals surface area contributed by atoms with E-state index in [-0.39, 0.29) is 23.8 Å². The smallest absolute Gasteiger partial charge is 0.237 e. The summed E-state index contributed by atoms with van der Waals surface area (Å²) in [6.45, 7) is 4.44. The molecule has 0 spiro atoms. The number of benzene rings is 2. The minimum Gasteiger partial charge on any atom is -0.348 e. The highest BCUT2D eigenvalue weighted by molar-refractivity contribution is 9.10. The molecule has 2 aromatic carbocycles. The summed E-state index contributed by atoms with van der Waals surface area (Å²) < 4.78 is 14.0. The molecular formula is C19H22BrFN2O. The number of hydrogen-bond acceptors (Lipinski definition) is 2. The number of nitrogens with one attached hydrogen (secondary N) is 1. The van der Waals surface area contributed by atoms with Gasteiger partial charge in [0.2, 0.25) is 5.91 Å². The average Bonchev–Trinajstić information content (AvgIpc) is 2.56. The van der Waals surface area contributed by atoms with Crippen LogP contribution in [0.5, 0.6) is 0 Å². The van der Waals surface area contributed by atoms with Crippen molar-refractivity contribution in [2.75, 3.05) is 7.05 Å². The lowest BCUT2D eigenvalue weighted by Gasteiger charge is -2.26. The Labute approximate surface area is 151 Å². The fraction of sp³-hybridized carbons (Fsp3) is 0.316. The van der Waals surface area contributed by atoms with E-state index < -0.39 is 0 Å². The predicted molar refractivity (Wildman–Crippen MR) is 98.0 cm³/mol. The van der Waals surface area contributed by atoms with Crippen molar-refractivity contribution in [3.8, 4) is 0 Å². The molecule has 1 amide bonds. The molecule has 24 heavy (non-hydrogen) atoms. The highest BCUT2D eigenvalue weighted by Gasteiger charge is 2.20. The summed E-state index contributed by atoms with van der Waals surface area (Å²) >= 11 is 3.53. The lowest BCUT2D eigenvalue weighted by Crippen LogP contribution is -2.43. The number of likely N-dealkylation sites (N-methyl/N-ethyl adjacent to an activating group) is 1. The van der Waals surface area contributed by atoms with Crippen molar-refractivity contribution in [3.05, 3.63) is 69.9 Å². The maximum atomic E-state index is 13.0. The fourth-order valence-corrected chi connectivity index (χ4v) is 2.81. The molecule has 0 heterocycles. The Kier molecular flexibility index (Phi) is 6.52. The van der Waals surface area contributed by atoms with Crippen LogP contribution in [-0.4, -0.2) is 23.9 Å². The van der Waals surface area contributed by atoms with Crippen molar-refractivity contribution in [1.82, 2.24) is 10.2 Å². The standard InChI is InChI=1S/C19H22BrFN2O/c1-13(15-8-10-17(21)11-9-15)22-19(24)14(2)23(3)12-16-6-4-5-7-18(16)20/h4-11,13-14H,12H2,1-3H3,(H,22,24). The van der Waals surface area contributed by atoms with Gasteiger partial charge in [-0.1, -0.05) is 46.3 Å². The molecule has 5 heteroatoms. The van der Waals surface area contributed by atoms with Crippen LogP contribution in [0.4, 0.5) is 4.39 Å². The molecule has 0 fully saturated rings. The van der Waals surface area contributed by atoms with Gasteiger partial charge in [-0.25, -0.2) is 4.39 Å². The second-order valence-corrected chi connectivity index (χ2v) is 6.82. The molecule has 2 atom stereocenters. The molecule has 0 saturated heterocycles. The van der Waals surface area contributed by atoms with Crippen LogP contribution in [0.1, 0.15) is 31.0 Å². The molecule has 0 radical (unpaired) electrons. The minimum atomic E-state index is -0.279. The van der Waals surface area contributed by atoms with Gasteiger partial charge in [-0.05, 0) is 50.2 Å². The second-order valence-electron chi connectivity index (χ2n) is 5.96.